The highest BCUT2D eigenvalue weighted by Gasteiger charge is 2.16. The average molecular weight is 356 g/mol. The van der Waals surface area contributed by atoms with Gasteiger partial charge in [-0.05, 0) is 29.8 Å². The fraction of sp³-hybridized carbons (Fsp3) is 0.250. The molecule has 1 aromatic heterocycles. The predicted octanol–water partition coefficient (Wildman–Crippen LogP) is 3.43. The number of nitrogens with one attached hydrogen (secondary N) is 1. The van der Waals surface area contributed by atoms with E-state index in [4.69, 9.17) is 9.47 Å². The van der Waals surface area contributed by atoms with Gasteiger partial charge in [0.05, 0.1) is 30.3 Å². The summed E-state index contributed by atoms with van der Waals surface area (Å²) in [5.41, 5.74) is 1.99. The standard InChI is InChI=1S/C20H21FN2O3/c1-23(10-11-25-2)17-9-8-16(21)18-19(17)22-12-15(20(18)24)13-4-6-14(26-3)7-5-13/h4-9,12H,10-11H2,1-3H3,(H,22,24). The molecule has 0 amide bonds. The van der Waals surface area contributed by atoms with E-state index in [0.29, 0.717) is 35.5 Å². The first-order valence-corrected chi connectivity index (χ1v) is 8.25. The zero-order valence-corrected chi connectivity index (χ0v) is 15.0. The van der Waals surface area contributed by atoms with E-state index in [1.165, 1.54) is 6.07 Å². The third kappa shape index (κ3) is 3.28. The molecule has 0 saturated heterocycles. The van der Waals surface area contributed by atoms with Crippen LogP contribution in [0.4, 0.5) is 10.1 Å². The number of halogens is 1. The lowest BCUT2D eigenvalue weighted by Gasteiger charge is -2.21. The lowest BCUT2D eigenvalue weighted by Crippen LogP contribution is -2.23. The molecule has 1 N–H and O–H groups in total. The topological polar surface area (TPSA) is 54.6 Å². The van der Waals surface area contributed by atoms with E-state index in [1.807, 2.05) is 11.9 Å². The van der Waals surface area contributed by atoms with Crippen LogP contribution in [0.3, 0.4) is 0 Å². The fourth-order valence-electron chi connectivity index (χ4n) is 2.93. The van der Waals surface area contributed by atoms with Crippen LogP contribution >= 0.6 is 0 Å². The summed E-state index contributed by atoms with van der Waals surface area (Å²) in [6.07, 6.45) is 1.62. The Morgan fingerprint density at radius 2 is 1.85 bits per heavy atom. The molecule has 3 aromatic rings. The Balaban J connectivity index is 2.14. The highest BCUT2D eigenvalue weighted by molar-refractivity contribution is 5.93. The van der Waals surface area contributed by atoms with Crippen LogP contribution in [-0.2, 0) is 4.74 Å². The molecular weight excluding hydrogens is 335 g/mol. The number of hydrogen-bond donors (Lipinski definition) is 1. The predicted molar refractivity (Wildman–Crippen MR) is 102 cm³/mol. The second-order valence-corrected chi connectivity index (χ2v) is 5.99. The molecule has 136 valence electrons. The normalized spacial score (nSPS) is 10.9. The minimum atomic E-state index is -0.541. The van der Waals surface area contributed by atoms with Gasteiger partial charge in [-0.2, -0.15) is 0 Å². The number of aromatic amines is 1. The SMILES string of the molecule is COCCN(C)c1ccc(F)c2c(=O)c(-c3ccc(OC)cc3)c[nH]c12. The van der Waals surface area contributed by atoms with Crippen LogP contribution in [-0.4, -0.2) is 39.4 Å². The maximum Gasteiger partial charge on any atom is 0.200 e. The van der Waals surface area contributed by atoms with Crippen molar-refractivity contribution in [3.63, 3.8) is 0 Å². The van der Waals surface area contributed by atoms with Crippen LogP contribution < -0.4 is 15.1 Å². The number of pyridine rings is 1. The number of nitrogens with zero attached hydrogens (tertiary/aromatic N) is 1. The molecule has 0 atom stereocenters. The first kappa shape index (κ1) is 17.9. The summed E-state index contributed by atoms with van der Waals surface area (Å²) >= 11 is 0. The molecule has 0 aliphatic rings. The summed E-state index contributed by atoms with van der Waals surface area (Å²) in [5.74, 6) is 0.153. The highest BCUT2D eigenvalue weighted by Crippen LogP contribution is 2.27. The molecular formula is C20H21FN2O3. The van der Waals surface area contributed by atoms with Crippen LogP contribution in [0.25, 0.3) is 22.0 Å². The van der Waals surface area contributed by atoms with Gasteiger partial charge in [-0.1, -0.05) is 12.1 Å². The van der Waals surface area contributed by atoms with E-state index in [2.05, 4.69) is 4.98 Å². The summed E-state index contributed by atoms with van der Waals surface area (Å²) in [4.78, 5) is 18.0. The van der Waals surface area contributed by atoms with Crippen molar-refractivity contribution >= 4 is 16.6 Å². The van der Waals surface area contributed by atoms with Gasteiger partial charge in [-0.25, -0.2) is 4.39 Å². The van der Waals surface area contributed by atoms with Crippen molar-refractivity contribution in [2.75, 3.05) is 39.3 Å². The molecule has 0 unspecified atom stereocenters. The minimum Gasteiger partial charge on any atom is -0.497 e. The van der Waals surface area contributed by atoms with E-state index in [-0.39, 0.29) is 10.8 Å². The van der Waals surface area contributed by atoms with Crippen molar-refractivity contribution in [1.29, 1.82) is 0 Å². The van der Waals surface area contributed by atoms with Gasteiger partial charge in [0, 0.05) is 32.5 Å². The molecule has 2 aromatic carbocycles. The van der Waals surface area contributed by atoms with Gasteiger partial charge >= 0.3 is 0 Å². The van der Waals surface area contributed by atoms with Gasteiger partial charge in [-0.15, -0.1) is 0 Å². The molecule has 1 heterocycles. The maximum absolute atomic E-state index is 14.5. The van der Waals surface area contributed by atoms with E-state index in [1.54, 1.807) is 50.7 Å². The Hall–Kier alpha value is -2.86. The van der Waals surface area contributed by atoms with Crippen LogP contribution in [0, 0.1) is 5.82 Å². The van der Waals surface area contributed by atoms with Gasteiger partial charge in [0.2, 0.25) is 0 Å². The molecule has 26 heavy (non-hydrogen) atoms. The van der Waals surface area contributed by atoms with Gasteiger partial charge in [0.25, 0.3) is 0 Å². The van der Waals surface area contributed by atoms with Gasteiger partial charge < -0.3 is 19.4 Å². The molecule has 3 rings (SSSR count). The van der Waals surface area contributed by atoms with Crippen molar-refractivity contribution in [3.8, 4) is 16.9 Å². The molecule has 0 aliphatic heterocycles. The maximum atomic E-state index is 14.5. The summed E-state index contributed by atoms with van der Waals surface area (Å²) in [5, 5.41) is 0.0556. The monoisotopic (exact) mass is 356 g/mol. The molecule has 6 heteroatoms. The Bertz CT molecular complexity index is 967. The van der Waals surface area contributed by atoms with Crippen molar-refractivity contribution < 1.29 is 13.9 Å². The summed E-state index contributed by atoms with van der Waals surface area (Å²) in [7, 11) is 5.08. The number of aromatic nitrogens is 1. The van der Waals surface area contributed by atoms with Crippen LogP contribution in [0.2, 0.25) is 0 Å². The number of benzene rings is 2. The van der Waals surface area contributed by atoms with Crippen molar-refractivity contribution in [2.45, 2.75) is 0 Å². The Kier molecular flexibility index (Phi) is 5.23. The highest BCUT2D eigenvalue weighted by atomic mass is 19.1. The molecule has 0 radical (unpaired) electrons. The number of anilines is 1. The quantitative estimate of drug-likeness (QED) is 0.735. The third-order valence-electron chi connectivity index (χ3n) is 4.41. The third-order valence-corrected chi connectivity index (χ3v) is 4.41. The Morgan fingerprint density at radius 3 is 2.50 bits per heavy atom. The van der Waals surface area contributed by atoms with Gasteiger partial charge in [0.1, 0.15) is 11.6 Å². The number of H-pyrrole nitrogens is 1. The molecule has 0 fully saturated rings. The molecule has 0 aliphatic carbocycles. The second-order valence-electron chi connectivity index (χ2n) is 5.99. The summed E-state index contributed by atoms with van der Waals surface area (Å²) in [6, 6.07) is 10.1. The molecule has 0 saturated carbocycles. The van der Waals surface area contributed by atoms with E-state index < -0.39 is 5.82 Å². The summed E-state index contributed by atoms with van der Waals surface area (Å²) < 4.78 is 24.7. The van der Waals surface area contributed by atoms with Gasteiger partial charge in [0.15, 0.2) is 5.43 Å². The minimum absolute atomic E-state index is 0.0556. The Morgan fingerprint density at radius 1 is 1.12 bits per heavy atom. The number of fused-ring (bicyclic) bond motifs is 1. The van der Waals surface area contributed by atoms with E-state index >= 15 is 0 Å². The number of methoxy groups -OCH3 is 2. The van der Waals surface area contributed by atoms with E-state index in [9.17, 15) is 9.18 Å². The number of hydrogen-bond acceptors (Lipinski definition) is 4. The number of likely N-dealkylation sites (N-methyl/N-ethyl adjacent to an activating group) is 1. The fourth-order valence-corrected chi connectivity index (χ4v) is 2.93. The lowest BCUT2D eigenvalue weighted by molar-refractivity contribution is 0.206. The van der Waals surface area contributed by atoms with E-state index in [0.717, 1.165) is 5.69 Å². The van der Waals surface area contributed by atoms with Crippen LogP contribution in [0.15, 0.2) is 47.4 Å². The molecule has 0 bridgehead atoms. The zero-order valence-electron chi connectivity index (χ0n) is 15.0. The van der Waals surface area contributed by atoms with Crippen molar-refractivity contribution in [1.82, 2.24) is 4.98 Å². The lowest BCUT2D eigenvalue weighted by atomic mass is 10.0. The largest absolute Gasteiger partial charge is 0.497 e. The smallest absolute Gasteiger partial charge is 0.200 e. The average Bonchev–Trinajstić information content (AvgIpc) is 2.66. The molecule has 5 nitrogen and oxygen atoms in total. The molecule has 0 spiro atoms. The first-order chi connectivity index (χ1) is 12.6. The Labute approximate surface area is 151 Å². The number of rotatable bonds is 6. The zero-order chi connectivity index (χ0) is 18.7. The van der Waals surface area contributed by atoms with Crippen LogP contribution in [0.5, 0.6) is 5.75 Å². The van der Waals surface area contributed by atoms with Crippen molar-refractivity contribution in [2.24, 2.45) is 0 Å². The van der Waals surface area contributed by atoms with Crippen molar-refractivity contribution in [3.05, 3.63) is 58.6 Å². The first-order valence-electron chi connectivity index (χ1n) is 8.25. The summed E-state index contributed by atoms with van der Waals surface area (Å²) in [6.45, 7) is 1.16. The second kappa shape index (κ2) is 7.58. The van der Waals surface area contributed by atoms with Crippen LogP contribution in [0.1, 0.15) is 0 Å². The number of ether oxygens (including phenoxy) is 2. The van der Waals surface area contributed by atoms with Gasteiger partial charge in [-0.3, -0.25) is 4.79 Å².